The first-order chi connectivity index (χ1) is 30.4. The Kier molecular flexibility index (Phi) is 15.1. The molecule has 2 fully saturated rings. The van der Waals surface area contributed by atoms with Crippen molar-refractivity contribution in [1.29, 1.82) is 0 Å². The molecule has 1 saturated carbocycles. The Labute approximate surface area is 368 Å². The molecule has 1 saturated heterocycles. The molecule has 4 aromatic rings. The predicted octanol–water partition coefficient (Wildman–Crippen LogP) is 6.85. The fourth-order valence-electron chi connectivity index (χ4n) is 8.45. The monoisotopic (exact) mass is 880 g/mol. The minimum Gasteiger partial charge on any atom is -0.493 e. The lowest BCUT2D eigenvalue weighted by Gasteiger charge is -2.28. The first-order valence-electron chi connectivity index (χ1n) is 21.9. The molecule has 3 aliphatic rings. The van der Waals surface area contributed by atoms with Crippen LogP contribution in [0.4, 0.5) is 11.6 Å². The Morgan fingerprint density at radius 3 is 2.13 bits per heavy atom. The van der Waals surface area contributed by atoms with Gasteiger partial charge in [0.15, 0.2) is 0 Å². The maximum absolute atomic E-state index is 13.1. The van der Waals surface area contributed by atoms with Crippen molar-refractivity contribution in [3.05, 3.63) is 107 Å². The largest absolute Gasteiger partial charge is 0.493 e. The van der Waals surface area contributed by atoms with Crippen LogP contribution in [-0.2, 0) is 31.0 Å². The van der Waals surface area contributed by atoms with Crippen LogP contribution in [0.5, 0.6) is 11.5 Å². The number of hydrogen-bond acceptors (Lipinski definition) is 12. The van der Waals surface area contributed by atoms with Crippen LogP contribution in [0, 0.1) is 11.8 Å². The maximum atomic E-state index is 13.1. The maximum Gasteiger partial charge on any atom is 0.262 e. The van der Waals surface area contributed by atoms with E-state index in [2.05, 4.69) is 68.6 Å². The number of aromatic nitrogens is 2. The fraction of sp³-hybridized carbons (Fsp3) is 0.447. The van der Waals surface area contributed by atoms with Gasteiger partial charge in [-0.25, -0.2) is 18.4 Å². The van der Waals surface area contributed by atoms with Crippen molar-refractivity contribution in [2.75, 3.05) is 42.7 Å². The van der Waals surface area contributed by atoms with Gasteiger partial charge in [0.1, 0.15) is 24.1 Å². The number of unbranched alkanes of at least 4 members (excludes halogenated alkanes) is 2. The van der Waals surface area contributed by atoms with Crippen molar-refractivity contribution < 1.29 is 41.8 Å². The van der Waals surface area contributed by atoms with Gasteiger partial charge in [0.25, 0.3) is 11.8 Å². The standard InChI is InChI=1S/C47H56N6O9S/c1-3-39(34-13-18-38(19-14-34)62-30-36-23-25-49-47(50-36)52-63(2,58)59)33-11-16-37(17-12-33)61-29-32-9-7-31(8-10-32)28-60-26-6-4-5-24-48-35-15-20-40-41(27-35)46(57)53(45(40)56)42-21-22-43(54)51-44(42)55/h11-20,23,25,27,31-32,39,42,48H,3-10,21-22,24,26,28-30H2,1-2H3,(H,49,50,52)(H,51,54,55)/t31?,32?,39-,42-/m1/s1. The van der Waals surface area contributed by atoms with E-state index in [9.17, 15) is 27.6 Å². The molecule has 3 aromatic carbocycles. The summed E-state index contributed by atoms with van der Waals surface area (Å²) in [6.07, 6.45) is 11.1. The molecule has 0 spiro atoms. The van der Waals surface area contributed by atoms with Crippen LogP contribution in [0.15, 0.2) is 79.0 Å². The summed E-state index contributed by atoms with van der Waals surface area (Å²) in [4.78, 5) is 59.0. The van der Waals surface area contributed by atoms with Crippen molar-refractivity contribution >= 4 is 45.3 Å². The summed E-state index contributed by atoms with van der Waals surface area (Å²) < 4.78 is 43.5. The van der Waals surface area contributed by atoms with Gasteiger partial charge < -0.3 is 19.5 Å². The molecule has 0 radical (unpaired) electrons. The van der Waals surface area contributed by atoms with E-state index >= 15 is 0 Å². The number of carbonyl (C=O) groups excluding carboxylic acids is 4. The number of rotatable bonds is 21. The van der Waals surface area contributed by atoms with Gasteiger partial charge in [-0.2, -0.15) is 0 Å². The topological polar surface area (TPSA) is 195 Å². The van der Waals surface area contributed by atoms with E-state index in [1.54, 1.807) is 24.3 Å². The number of ether oxygens (including phenoxy) is 3. The Balaban J connectivity index is 0.743. The van der Waals surface area contributed by atoms with Gasteiger partial charge in [-0.15, -0.1) is 0 Å². The normalized spacial score (nSPS) is 19.3. The van der Waals surface area contributed by atoms with Crippen LogP contribution in [0.1, 0.15) is 115 Å². The minimum atomic E-state index is -3.47. The lowest BCUT2D eigenvalue weighted by Crippen LogP contribution is -2.54. The van der Waals surface area contributed by atoms with Crippen molar-refractivity contribution in [3.8, 4) is 11.5 Å². The lowest BCUT2D eigenvalue weighted by atomic mass is 9.83. The Bertz CT molecular complexity index is 2350. The second kappa shape index (κ2) is 21.0. The highest BCUT2D eigenvalue weighted by Gasteiger charge is 2.44. The Morgan fingerprint density at radius 2 is 1.46 bits per heavy atom. The summed E-state index contributed by atoms with van der Waals surface area (Å²) in [5.41, 5.74) is 4.25. The molecule has 0 bridgehead atoms. The third-order valence-corrected chi connectivity index (χ3v) is 12.4. The molecule has 2 atom stereocenters. The van der Waals surface area contributed by atoms with E-state index in [1.807, 2.05) is 12.1 Å². The number of piperidine rings is 1. The van der Waals surface area contributed by atoms with Crippen LogP contribution >= 0.6 is 0 Å². The van der Waals surface area contributed by atoms with Gasteiger partial charge in [-0.3, -0.25) is 34.1 Å². The van der Waals surface area contributed by atoms with Crippen LogP contribution in [-0.4, -0.2) is 85.6 Å². The average molecular weight is 881 g/mol. The summed E-state index contributed by atoms with van der Waals surface area (Å²) in [6, 6.07) is 22.2. The molecular weight excluding hydrogens is 825 g/mol. The molecule has 16 heteroatoms. The SMILES string of the molecule is CC[C@@H](c1ccc(OCc2ccnc(NS(C)(=O)=O)n2)cc1)c1ccc(OCC2CCC(COCCCCCNc3ccc4c(c3)C(=O)N([C@@H]3CCC(=O)NC3=O)C4=O)CC2)cc1. The second-order valence-corrected chi connectivity index (χ2v) is 18.3. The number of hydrogen-bond donors (Lipinski definition) is 3. The summed E-state index contributed by atoms with van der Waals surface area (Å²) in [5.74, 6) is 0.897. The van der Waals surface area contributed by atoms with E-state index in [0.29, 0.717) is 36.4 Å². The lowest BCUT2D eigenvalue weighted by molar-refractivity contribution is -0.136. The van der Waals surface area contributed by atoms with Crippen LogP contribution < -0.4 is 24.8 Å². The zero-order valence-corrected chi connectivity index (χ0v) is 36.7. The quantitative estimate of drug-likeness (QED) is 0.0583. The van der Waals surface area contributed by atoms with Gasteiger partial charge in [-0.05, 0) is 129 Å². The highest BCUT2D eigenvalue weighted by molar-refractivity contribution is 7.92. The molecular formula is C47H56N6O9S. The number of sulfonamides is 1. The smallest absolute Gasteiger partial charge is 0.262 e. The van der Waals surface area contributed by atoms with Gasteiger partial charge >= 0.3 is 0 Å². The molecule has 3 heterocycles. The molecule has 1 aliphatic carbocycles. The molecule has 0 unspecified atom stereocenters. The van der Waals surface area contributed by atoms with Crippen LogP contribution in [0.25, 0.3) is 0 Å². The van der Waals surface area contributed by atoms with Crippen LogP contribution in [0.3, 0.4) is 0 Å². The molecule has 334 valence electrons. The second-order valence-electron chi connectivity index (χ2n) is 16.6. The molecule has 1 aromatic heterocycles. The zero-order valence-electron chi connectivity index (χ0n) is 35.8. The average Bonchev–Trinajstić information content (AvgIpc) is 3.51. The number of carbonyl (C=O) groups is 4. The van der Waals surface area contributed by atoms with Gasteiger partial charge in [0.2, 0.25) is 27.8 Å². The first-order valence-corrected chi connectivity index (χ1v) is 23.8. The Hall–Kier alpha value is -5.87. The van der Waals surface area contributed by atoms with Crippen molar-refractivity contribution in [2.45, 2.75) is 89.7 Å². The van der Waals surface area contributed by atoms with E-state index in [-0.39, 0.29) is 42.4 Å². The van der Waals surface area contributed by atoms with Crippen molar-refractivity contribution in [1.82, 2.24) is 20.2 Å². The van der Waals surface area contributed by atoms with Gasteiger partial charge in [0, 0.05) is 44.0 Å². The molecule has 4 amide bonds. The third-order valence-electron chi connectivity index (χ3n) is 11.9. The number of nitrogens with zero attached hydrogens (tertiary/aromatic N) is 3. The zero-order chi connectivity index (χ0) is 44.3. The number of imide groups is 2. The number of fused-ring (bicyclic) bond motifs is 1. The molecule has 63 heavy (non-hydrogen) atoms. The summed E-state index contributed by atoms with van der Waals surface area (Å²) in [6.45, 7) is 5.30. The highest BCUT2D eigenvalue weighted by atomic mass is 32.2. The van der Waals surface area contributed by atoms with Crippen molar-refractivity contribution in [3.63, 3.8) is 0 Å². The third kappa shape index (κ3) is 12.2. The van der Waals surface area contributed by atoms with Crippen LogP contribution in [0.2, 0.25) is 0 Å². The molecule has 2 aliphatic heterocycles. The number of nitrogens with one attached hydrogen (secondary N) is 3. The van der Waals surface area contributed by atoms with Gasteiger partial charge in [0.05, 0.1) is 29.7 Å². The number of anilines is 2. The Morgan fingerprint density at radius 1 is 0.794 bits per heavy atom. The number of benzene rings is 3. The molecule has 7 rings (SSSR count). The summed E-state index contributed by atoms with van der Waals surface area (Å²) >= 11 is 0. The minimum absolute atomic E-state index is 0.0110. The highest BCUT2D eigenvalue weighted by Crippen LogP contribution is 2.33. The van der Waals surface area contributed by atoms with Gasteiger partial charge in [-0.1, -0.05) is 31.2 Å². The van der Waals surface area contributed by atoms with E-state index in [0.717, 1.165) is 87.2 Å². The van der Waals surface area contributed by atoms with E-state index < -0.39 is 39.7 Å². The fourth-order valence-corrected chi connectivity index (χ4v) is 8.88. The summed E-state index contributed by atoms with van der Waals surface area (Å²) in [7, 11) is -3.47. The number of amides is 4. The predicted molar refractivity (Wildman–Crippen MR) is 237 cm³/mol. The van der Waals surface area contributed by atoms with E-state index in [1.165, 1.54) is 17.3 Å². The van der Waals surface area contributed by atoms with E-state index in [4.69, 9.17) is 14.2 Å². The van der Waals surface area contributed by atoms with Crippen molar-refractivity contribution in [2.24, 2.45) is 11.8 Å². The summed E-state index contributed by atoms with van der Waals surface area (Å²) in [5, 5.41) is 5.56. The molecule has 3 N–H and O–H groups in total. The molecule has 15 nitrogen and oxygen atoms in total. The first kappa shape index (κ1) is 45.2.